The van der Waals surface area contributed by atoms with Crippen molar-refractivity contribution in [3.8, 4) is 0 Å². The molecule has 2 aliphatic rings. The van der Waals surface area contributed by atoms with Crippen LogP contribution in [-0.2, 0) is 0 Å². The highest BCUT2D eigenvalue weighted by molar-refractivity contribution is 4.88. The number of nitrogens with one attached hydrogen (secondary N) is 1. The lowest BCUT2D eigenvalue weighted by atomic mass is 9.92. The average molecular weight is 157 g/mol. The fourth-order valence-electron chi connectivity index (χ4n) is 2.00. The van der Waals surface area contributed by atoms with Crippen LogP contribution in [0.5, 0.6) is 0 Å². The Hall–Kier alpha value is -0.110. The minimum atomic E-state index is -0.440. The van der Waals surface area contributed by atoms with Crippen molar-refractivity contribution in [2.75, 3.05) is 13.1 Å². The average Bonchev–Trinajstić information content (AvgIpc) is 2.69. The molecule has 0 bridgehead atoms. The Labute approximate surface area is 67.4 Å². The van der Waals surface area contributed by atoms with Gasteiger partial charge in [0.2, 0.25) is 0 Å². The SMILES string of the molecule is FC1CC1CC1CCNCC1. The van der Waals surface area contributed by atoms with Gasteiger partial charge >= 0.3 is 0 Å². The smallest absolute Gasteiger partial charge is 0.103 e. The van der Waals surface area contributed by atoms with Crippen LogP contribution in [0.15, 0.2) is 0 Å². The van der Waals surface area contributed by atoms with E-state index in [4.69, 9.17) is 0 Å². The summed E-state index contributed by atoms with van der Waals surface area (Å²) in [5, 5.41) is 3.33. The predicted molar refractivity (Wildman–Crippen MR) is 43.2 cm³/mol. The van der Waals surface area contributed by atoms with Gasteiger partial charge in [0.15, 0.2) is 0 Å². The zero-order valence-corrected chi connectivity index (χ0v) is 6.85. The van der Waals surface area contributed by atoms with Crippen molar-refractivity contribution in [1.29, 1.82) is 0 Å². The molecule has 0 radical (unpaired) electrons. The monoisotopic (exact) mass is 157 g/mol. The molecule has 1 nitrogen and oxygen atoms in total. The van der Waals surface area contributed by atoms with E-state index in [0.29, 0.717) is 5.92 Å². The van der Waals surface area contributed by atoms with E-state index in [-0.39, 0.29) is 0 Å². The van der Waals surface area contributed by atoms with Gasteiger partial charge < -0.3 is 5.32 Å². The summed E-state index contributed by atoms with van der Waals surface area (Å²) in [5.74, 6) is 1.26. The summed E-state index contributed by atoms with van der Waals surface area (Å²) in [5.41, 5.74) is 0. The van der Waals surface area contributed by atoms with Gasteiger partial charge in [0.05, 0.1) is 0 Å². The number of halogens is 1. The highest BCUT2D eigenvalue weighted by atomic mass is 19.1. The highest BCUT2D eigenvalue weighted by Crippen LogP contribution is 2.40. The zero-order chi connectivity index (χ0) is 7.68. The van der Waals surface area contributed by atoms with Crippen LogP contribution in [0, 0.1) is 11.8 Å². The first-order valence-electron chi connectivity index (χ1n) is 4.71. The van der Waals surface area contributed by atoms with Crippen molar-refractivity contribution >= 4 is 0 Å². The van der Waals surface area contributed by atoms with E-state index >= 15 is 0 Å². The van der Waals surface area contributed by atoms with Crippen molar-refractivity contribution in [3.05, 3.63) is 0 Å². The lowest BCUT2D eigenvalue weighted by molar-refractivity contribution is 0.320. The fraction of sp³-hybridized carbons (Fsp3) is 1.00. The molecule has 0 aromatic carbocycles. The molecule has 64 valence electrons. The lowest BCUT2D eigenvalue weighted by Gasteiger charge is -2.22. The summed E-state index contributed by atoms with van der Waals surface area (Å²) >= 11 is 0. The second-order valence-electron chi connectivity index (χ2n) is 3.94. The molecule has 0 aromatic rings. The summed E-state index contributed by atoms with van der Waals surface area (Å²) < 4.78 is 12.5. The maximum Gasteiger partial charge on any atom is 0.103 e. The topological polar surface area (TPSA) is 12.0 Å². The number of hydrogen-bond donors (Lipinski definition) is 1. The van der Waals surface area contributed by atoms with E-state index < -0.39 is 6.17 Å². The quantitative estimate of drug-likeness (QED) is 0.643. The zero-order valence-electron chi connectivity index (χ0n) is 6.85. The van der Waals surface area contributed by atoms with Crippen LogP contribution in [0.2, 0.25) is 0 Å². The first-order chi connectivity index (χ1) is 5.36. The third-order valence-corrected chi connectivity index (χ3v) is 2.93. The van der Waals surface area contributed by atoms with E-state index in [9.17, 15) is 4.39 Å². The van der Waals surface area contributed by atoms with Crippen LogP contribution in [0.3, 0.4) is 0 Å². The number of alkyl halides is 1. The van der Waals surface area contributed by atoms with Gasteiger partial charge in [-0.15, -0.1) is 0 Å². The molecule has 0 spiro atoms. The summed E-state index contributed by atoms with van der Waals surface area (Å²) in [6.45, 7) is 2.29. The lowest BCUT2D eigenvalue weighted by Crippen LogP contribution is -2.28. The first-order valence-corrected chi connectivity index (χ1v) is 4.71. The van der Waals surface area contributed by atoms with Gasteiger partial charge in [-0.2, -0.15) is 0 Å². The van der Waals surface area contributed by atoms with Gasteiger partial charge in [-0.05, 0) is 50.6 Å². The molecule has 1 saturated heterocycles. The molecule has 2 fully saturated rings. The van der Waals surface area contributed by atoms with Gasteiger partial charge in [-0.25, -0.2) is 4.39 Å². The van der Waals surface area contributed by atoms with Gasteiger partial charge in [-0.3, -0.25) is 0 Å². The highest BCUT2D eigenvalue weighted by Gasteiger charge is 2.38. The standard InChI is InChI=1S/C9H16FN/c10-9-6-8(9)5-7-1-3-11-4-2-7/h7-9,11H,1-6H2. The van der Waals surface area contributed by atoms with Crippen molar-refractivity contribution in [2.45, 2.75) is 31.9 Å². The van der Waals surface area contributed by atoms with Crippen LogP contribution >= 0.6 is 0 Å². The van der Waals surface area contributed by atoms with E-state index in [1.807, 2.05) is 0 Å². The Morgan fingerprint density at radius 3 is 2.45 bits per heavy atom. The molecule has 1 saturated carbocycles. The molecular formula is C9H16FN. The minimum absolute atomic E-state index is 0.440. The molecule has 2 heteroatoms. The Balaban J connectivity index is 1.68. The Kier molecular flexibility index (Phi) is 2.12. The number of piperidine rings is 1. The van der Waals surface area contributed by atoms with E-state index in [2.05, 4.69) is 5.32 Å². The second kappa shape index (κ2) is 3.10. The Bertz CT molecular complexity index is 132. The first kappa shape index (κ1) is 7.53. The molecule has 2 unspecified atom stereocenters. The minimum Gasteiger partial charge on any atom is -0.317 e. The molecule has 2 atom stereocenters. The van der Waals surface area contributed by atoms with Gasteiger partial charge in [-0.1, -0.05) is 0 Å². The normalized spacial score (nSPS) is 39.0. The van der Waals surface area contributed by atoms with E-state index in [0.717, 1.165) is 31.8 Å². The summed E-state index contributed by atoms with van der Waals surface area (Å²) in [6, 6.07) is 0. The van der Waals surface area contributed by atoms with E-state index in [1.54, 1.807) is 0 Å². The third-order valence-electron chi connectivity index (χ3n) is 2.93. The molecule has 0 amide bonds. The van der Waals surface area contributed by atoms with Gasteiger partial charge in [0.1, 0.15) is 6.17 Å². The molecular weight excluding hydrogens is 141 g/mol. The van der Waals surface area contributed by atoms with Crippen molar-refractivity contribution in [3.63, 3.8) is 0 Å². The molecule has 2 rings (SSSR count). The molecule has 1 heterocycles. The number of rotatable bonds is 2. The molecule has 1 aliphatic carbocycles. The van der Waals surface area contributed by atoms with Crippen LogP contribution in [0.4, 0.5) is 4.39 Å². The molecule has 1 aliphatic heterocycles. The molecule has 0 aromatic heterocycles. The maximum absolute atomic E-state index is 12.5. The molecule has 11 heavy (non-hydrogen) atoms. The van der Waals surface area contributed by atoms with Gasteiger partial charge in [0.25, 0.3) is 0 Å². The Morgan fingerprint density at radius 1 is 1.27 bits per heavy atom. The number of hydrogen-bond acceptors (Lipinski definition) is 1. The Morgan fingerprint density at radius 2 is 1.91 bits per heavy atom. The van der Waals surface area contributed by atoms with Crippen LogP contribution in [-0.4, -0.2) is 19.3 Å². The largest absolute Gasteiger partial charge is 0.317 e. The van der Waals surface area contributed by atoms with E-state index in [1.165, 1.54) is 12.8 Å². The molecule has 1 N–H and O–H groups in total. The van der Waals surface area contributed by atoms with Crippen molar-refractivity contribution in [1.82, 2.24) is 5.32 Å². The van der Waals surface area contributed by atoms with Crippen LogP contribution in [0.25, 0.3) is 0 Å². The predicted octanol–water partition coefficient (Wildman–Crippen LogP) is 1.73. The summed E-state index contributed by atoms with van der Waals surface area (Å²) in [7, 11) is 0. The fourth-order valence-corrected chi connectivity index (χ4v) is 2.00. The summed E-state index contributed by atoms with van der Waals surface area (Å²) in [6.07, 6.45) is 4.10. The summed E-state index contributed by atoms with van der Waals surface area (Å²) in [4.78, 5) is 0. The second-order valence-corrected chi connectivity index (χ2v) is 3.94. The van der Waals surface area contributed by atoms with Crippen LogP contribution < -0.4 is 5.32 Å². The van der Waals surface area contributed by atoms with Crippen LogP contribution in [0.1, 0.15) is 25.7 Å². The third kappa shape index (κ3) is 1.92. The van der Waals surface area contributed by atoms with Gasteiger partial charge in [0, 0.05) is 0 Å². The maximum atomic E-state index is 12.5. The van der Waals surface area contributed by atoms with Crippen molar-refractivity contribution in [2.24, 2.45) is 11.8 Å². The van der Waals surface area contributed by atoms with Crippen molar-refractivity contribution < 1.29 is 4.39 Å².